The lowest BCUT2D eigenvalue weighted by atomic mass is 9.80. The molecule has 3 atom stereocenters. The highest BCUT2D eigenvalue weighted by molar-refractivity contribution is 5.76. The van der Waals surface area contributed by atoms with Crippen LogP contribution in [0.4, 0.5) is 0 Å². The average molecular weight is 240 g/mol. The van der Waals surface area contributed by atoms with Gasteiger partial charge in [0, 0.05) is 18.5 Å². The highest BCUT2D eigenvalue weighted by Gasteiger charge is 2.26. The molecule has 0 aromatic rings. The van der Waals surface area contributed by atoms with Crippen LogP contribution < -0.4 is 10.6 Å². The van der Waals surface area contributed by atoms with E-state index in [0.29, 0.717) is 24.4 Å². The second-order valence-electron chi connectivity index (χ2n) is 6.53. The highest BCUT2D eigenvalue weighted by Crippen LogP contribution is 2.27. The first-order chi connectivity index (χ1) is 7.80. The van der Waals surface area contributed by atoms with Gasteiger partial charge in [-0.25, -0.2) is 0 Å². The third-order valence-corrected chi connectivity index (χ3v) is 4.08. The number of rotatable bonds is 3. The third-order valence-electron chi connectivity index (χ3n) is 4.08. The molecule has 3 heteroatoms. The lowest BCUT2D eigenvalue weighted by Crippen LogP contribution is -2.52. The summed E-state index contributed by atoms with van der Waals surface area (Å²) in [7, 11) is 0. The number of hydrogen-bond acceptors (Lipinski definition) is 2. The van der Waals surface area contributed by atoms with Crippen molar-refractivity contribution in [3.8, 4) is 0 Å². The maximum Gasteiger partial charge on any atom is 0.220 e. The molecule has 2 N–H and O–H groups in total. The van der Waals surface area contributed by atoms with E-state index in [0.717, 1.165) is 19.4 Å². The van der Waals surface area contributed by atoms with E-state index in [-0.39, 0.29) is 11.3 Å². The molecule has 1 amide bonds. The van der Waals surface area contributed by atoms with Crippen LogP contribution in [-0.4, -0.2) is 24.5 Å². The summed E-state index contributed by atoms with van der Waals surface area (Å²) in [5, 5.41) is 6.58. The minimum Gasteiger partial charge on any atom is -0.352 e. The van der Waals surface area contributed by atoms with E-state index < -0.39 is 0 Å². The van der Waals surface area contributed by atoms with Gasteiger partial charge in [0.15, 0.2) is 0 Å². The number of amides is 1. The molecule has 17 heavy (non-hydrogen) atoms. The van der Waals surface area contributed by atoms with Gasteiger partial charge in [0.05, 0.1) is 0 Å². The summed E-state index contributed by atoms with van der Waals surface area (Å²) in [5.41, 5.74) is 0.202. The van der Waals surface area contributed by atoms with Crippen molar-refractivity contribution >= 4 is 5.91 Å². The van der Waals surface area contributed by atoms with Crippen molar-refractivity contribution in [3.05, 3.63) is 0 Å². The minimum atomic E-state index is 0.202. The second kappa shape index (κ2) is 5.85. The summed E-state index contributed by atoms with van der Waals surface area (Å²) in [6.45, 7) is 12.0. The maximum absolute atomic E-state index is 12.0. The normalized spacial score (nSPS) is 27.6. The van der Waals surface area contributed by atoms with Crippen LogP contribution in [0.25, 0.3) is 0 Å². The lowest BCUT2D eigenvalue weighted by Gasteiger charge is -2.32. The molecular formula is C14H28N2O. The first-order valence-corrected chi connectivity index (χ1v) is 6.83. The Hall–Kier alpha value is -0.570. The smallest absolute Gasteiger partial charge is 0.220 e. The molecule has 0 bridgehead atoms. The van der Waals surface area contributed by atoms with Gasteiger partial charge >= 0.3 is 0 Å². The van der Waals surface area contributed by atoms with Crippen molar-refractivity contribution < 1.29 is 4.79 Å². The number of nitrogens with one attached hydrogen (secondary N) is 2. The number of carbonyl (C=O) groups excluding carboxylic acids is 1. The number of piperidine rings is 1. The molecule has 3 unspecified atom stereocenters. The van der Waals surface area contributed by atoms with Gasteiger partial charge < -0.3 is 10.6 Å². The van der Waals surface area contributed by atoms with E-state index >= 15 is 0 Å². The number of hydrogen-bond donors (Lipinski definition) is 2. The molecule has 1 heterocycles. The van der Waals surface area contributed by atoms with Gasteiger partial charge in [0.1, 0.15) is 0 Å². The topological polar surface area (TPSA) is 41.1 Å². The van der Waals surface area contributed by atoms with Crippen molar-refractivity contribution in [1.29, 1.82) is 0 Å². The Labute approximate surface area is 106 Å². The van der Waals surface area contributed by atoms with Crippen molar-refractivity contribution in [2.24, 2.45) is 11.3 Å². The van der Waals surface area contributed by atoms with E-state index in [2.05, 4.69) is 45.3 Å². The van der Waals surface area contributed by atoms with Crippen molar-refractivity contribution in [2.75, 3.05) is 6.54 Å². The molecule has 0 radical (unpaired) electrons. The molecule has 1 fully saturated rings. The molecule has 0 aromatic heterocycles. The van der Waals surface area contributed by atoms with Gasteiger partial charge in [-0.1, -0.05) is 27.7 Å². The van der Waals surface area contributed by atoms with Crippen LogP contribution in [-0.2, 0) is 4.79 Å². The predicted octanol–water partition coefficient (Wildman–Crippen LogP) is 2.32. The average Bonchev–Trinajstić information content (AvgIpc) is 2.20. The molecule has 1 aliphatic heterocycles. The fourth-order valence-corrected chi connectivity index (χ4v) is 2.09. The zero-order chi connectivity index (χ0) is 13.1. The SMILES string of the molecule is CC1NCCCC1NC(=O)CC(C)C(C)(C)C. The van der Waals surface area contributed by atoms with Gasteiger partial charge in [-0.05, 0) is 37.6 Å². The molecule has 0 spiro atoms. The van der Waals surface area contributed by atoms with Gasteiger partial charge in [-0.15, -0.1) is 0 Å². The third kappa shape index (κ3) is 4.66. The zero-order valence-electron chi connectivity index (χ0n) is 12.0. The minimum absolute atomic E-state index is 0.202. The molecule has 1 saturated heterocycles. The van der Waals surface area contributed by atoms with Crippen molar-refractivity contribution in [2.45, 2.75) is 66.0 Å². The molecule has 1 aliphatic rings. The first-order valence-electron chi connectivity index (χ1n) is 6.83. The summed E-state index contributed by atoms with van der Waals surface area (Å²) < 4.78 is 0. The van der Waals surface area contributed by atoms with Gasteiger partial charge in [-0.3, -0.25) is 4.79 Å². The molecular weight excluding hydrogens is 212 g/mol. The van der Waals surface area contributed by atoms with Gasteiger partial charge in [0.2, 0.25) is 5.91 Å². The van der Waals surface area contributed by atoms with Crippen LogP contribution in [0.1, 0.15) is 53.9 Å². The Kier molecular flexibility index (Phi) is 4.99. The van der Waals surface area contributed by atoms with Crippen LogP contribution in [0.3, 0.4) is 0 Å². The van der Waals surface area contributed by atoms with Crippen LogP contribution >= 0.6 is 0 Å². The molecule has 0 aromatic carbocycles. The maximum atomic E-state index is 12.0. The molecule has 100 valence electrons. The Morgan fingerprint density at radius 2 is 2.12 bits per heavy atom. The number of carbonyl (C=O) groups is 1. The zero-order valence-corrected chi connectivity index (χ0v) is 12.0. The second-order valence-corrected chi connectivity index (χ2v) is 6.53. The van der Waals surface area contributed by atoms with E-state index in [1.165, 1.54) is 0 Å². The van der Waals surface area contributed by atoms with Crippen LogP contribution in [0, 0.1) is 11.3 Å². The quantitative estimate of drug-likeness (QED) is 0.795. The largest absolute Gasteiger partial charge is 0.352 e. The summed E-state index contributed by atoms with van der Waals surface area (Å²) in [6, 6.07) is 0.709. The molecule has 0 saturated carbocycles. The fraction of sp³-hybridized carbons (Fsp3) is 0.929. The Balaban J connectivity index is 2.38. The monoisotopic (exact) mass is 240 g/mol. The lowest BCUT2D eigenvalue weighted by molar-refractivity contribution is -0.123. The molecule has 1 rings (SSSR count). The van der Waals surface area contributed by atoms with Crippen molar-refractivity contribution in [1.82, 2.24) is 10.6 Å². The van der Waals surface area contributed by atoms with Crippen molar-refractivity contribution in [3.63, 3.8) is 0 Å². The van der Waals surface area contributed by atoms with Crippen LogP contribution in [0.5, 0.6) is 0 Å². The van der Waals surface area contributed by atoms with E-state index in [1.54, 1.807) is 0 Å². The van der Waals surface area contributed by atoms with E-state index in [1.807, 2.05) is 0 Å². The summed E-state index contributed by atoms with van der Waals surface area (Å²) in [5.74, 6) is 0.613. The predicted molar refractivity (Wildman–Crippen MR) is 71.9 cm³/mol. The summed E-state index contributed by atoms with van der Waals surface area (Å²) >= 11 is 0. The first kappa shape index (κ1) is 14.5. The summed E-state index contributed by atoms with van der Waals surface area (Å²) in [4.78, 5) is 12.0. The Morgan fingerprint density at radius 3 is 2.65 bits per heavy atom. The van der Waals surface area contributed by atoms with E-state index in [9.17, 15) is 4.79 Å². The highest BCUT2D eigenvalue weighted by atomic mass is 16.1. The fourth-order valence-electron chi connectivity index (χ4n) is 2.09. The van der Waals surface area contributed by atoms with Gasteiger partial charge in [0.25, 0.3) is 0 Å². The summed E-state index contributed by atoms with van der Waals surface area (Å²) in [6.07, 6.45) is 2.89. The Morgan fingerprint density at radius 1 is 1.47 bits per heavy atom. The van der Waals surface area contributed by atoms with Gasteiger partial charge in [-0.2, -0.15) is 0 Å². The van der Waals surface area contributed by atoms with Crippen LogP contribution in [0.15, 0.2) is 0 Å². The molecule has 0 aliphatic carbocycles. The molecule has 3 nitrogen and oxygen atoms in total. The standard InChI is InChI=1S/C14H28N2O/c1-10(14(3,4)5)9-13(17)16-12-7-6-8-15-11(12)2/h10-12,15H,6-9H2,1-5H3,(H,16,17). The van der Waals surface area contributed by atoms with Crippen LogP contribution in [0.2, 0.25) is 0 Å². The van der Waals surface area contributed by atoms with E-state index in [4.69, 9.17) is 0 Å². The Bertz CT molecular complexity index is 257.